The van der Waals surface area contributed by atoms with Crippen molar-refractivity contribution in [1.29, 1.82) is 0 Å². The minimum Gasteiger partial charge on any atom is -0.383 e. The van der Waals surface area contributed by atoms with Crippen LogP contribution in [0.25, 0.3) is 10.9 Å². The van der Waals surface area contributed by atoms with Gasteiger partial charge in [-0.15, -0.1) is 0 Å². The standard InChI is InChI=1S/C16H20N2O/c1-19-9-8-17-11-13-10-14(13)16-7-6-12-4-2-3-5-15(12)18-16/h2-7,13-14,17H,8-11H2,1H3. The molecule has 2 aromatic rings. The lowest BCUT2D eigenvalue weighted by molar-refractivity contribution is 0.199. The smallest absolute Gasteiger partial charge is 0.0705 e. The van der Waals surface area contributed by atoms with Crippen LogP contribution in [0.5, 0.6) is 0 Å². The molecule has 1 aliphatic rings. The first-order valence-corrected chi connectivity index (χ1v) is 6.94. The lowest BCUT2D eigenvalue weighted by atomic mass is 10.1. The fraction of sp³-hybridized carbons (Fsp3) is 0.438. The van der Waals surface area contributed by atoms with Gasteiger partial charge in [-0.3, -0.25) is 4.98 Å². The third kappa shape index (κ3) is 2.94. The van der Waals surface area contributed by atoms with Gasteiger partial charge in [0.05, 0.1) is 12.1 Å². The predicted molar refractivity (Wildman–Crippen MR) is 77.3 cm³/mol. The Morgan fingerprint density at radius 1 is 1.26 bits per heavy atom. The van der Waals surface area contributed by atoms with Crippen LogP contribution in [0, 0.1) is 5.92 Å². The molecule has 2 atom stereocenters. The molecule has 1 saturated carbocycles. The number of benzene rings is 1. The van der Waals surface area contributed by atoms with Gasteiger partial charge in [0, 0.05) is 30.7 Å². The third-order valence-corrected chi connectivity index (χ3v) is 3.81. The van der Waals surface area contributed by atoms with E-state index in [-0.39, 0.29) is 0 Å². The molecule has 19 heavy (non-hydrogen) atoms. The first kappa shape index (κ1) is 12.6. The zero-order chi connectivity index (χ0) is 13.1. The van der Waals surface area contributed by atoms with E-state index in [0.717, 1.165) is 31.1 Å². The molecule has 1 aromatic heterocycles. The van der Waals surface area contributed by atoms with Crippen LogP contribution in [0.3, 0.4) is 0 Å². The SMILES string of the molecule is COCCNCC1CC1c1ccc2ccccc2n1. The summed E-state index contributed by atoms with van der Waals surface area (Å²) >= 11 is 0. The maximum atomic E-state index is 5.03. The Morgan fingerprint density at radius 3 is 3.05 bits per heavy atom. The van der Waals surface area contributed by atoms with Crippen molar-refractivity contribution in [1.82, 2.24) is 10.3 Å². The van der Waals surface area contributed by atoms with Gasteiger partial charge in [0.15, 0.2) is 0 Å². The fourth-order valence-corrected chi connectivity index (χ4v) is 2.59. The Morgan fingerprint density at radius 2 is 2.16 bits per heavy atom. The molecule has 100 valence electrons. The molecule has 3 rings (SSSR count). The van der Waals surface area contributed by atoms with Gasteiger partial charge in [-0.2, -0.15) is 0 Å². The van der Waals surface area contributed by atoms with Crippen LogP contribution in [0.4, 0.5) is 0 Å². The quantitative estimate of drug-likeness (QED) is 0.807. The van der Waals surface area contributed by atoms with Crippen LogP contribution < -0.4 is 5.32 Å². The number of rotatable bonds is 6. The van der Waals surface area contributed by atoms with Crippen molar-refractivity contribution < 1.29 is 4.74 Å². The molecule has 2 unspecified atom stereocenters. The highest BCUT2D eigenvalue weighted by molar-refractivity contribution is 5.78. The number of ether oxygens (including phenoxy) is 1. The highest BCUT2D eigenvalue weighted by Gasteiger charge is 2.38. The van der Waals surface area contributed by atoms with Gasteiger partial charge in [-0.1, -0.05) is 24.3 Å². The molecule has 1 heterocycles. The summed E-state index contributed by atoms with van der Waals surface area (Å²) in [6, 6.07) is 12.7. The van der Waals surface area contributed by atoms with E-state index in [0.29, 0.717) is 5.92 Å². The van der Waals surface area contributed by atoms with Crippen LogP contribution in [-0.4, -0.2) is 31.8 Å². The van der Waals surface area contributed by atoms with E-state index in [4.69, 9.17) is 9.72 Å². The molecule has 0 spiro atoms. The number of methoxy groups -OCH3 is 1. The van der Waals surface area contributed by atoms with Crippen molar-refractivity contribution in [3.05, 3.63) is 42.1 Å². The molecule has 1 N–H and O–H groups in total. The van der Waals surface area contributed by atoms with Crippen molar-refractivity contribution >= 4 is 10.9 Å². The summed E-state index contributed by atoms with van der Waals surface area (Å²) in [4.78, 5) is 4.78. The Hall–Kier alpha value is -1.45. The highest BCUT2D eigenvalue weighted by Crippen LogP contribution is 2.46. The molecule has 3 nitrogen and oxygen atoms in total. The Bertz CT molecular complexity index is 555. The van der Waals surface area contributed by atoms with Crippen LogP contribution in [0.2, 0.25) is 0 Å². The predicted octanol–water partition coefficient (Wildman–Crippen LogP) is 2.57. The Kier molecular flexibility index (Phi) is 3.76. The van der Waals surface area contributed by atoms with E-state index < -0.39 is 0 Å². The normalized spacial score (nSPS) is 21.7. The van der Waals surface area contributed by atoms with Crippen LogP contribution in [-0.2, 0) is 4.74 Å². The van der Waals surface area contributed by atoms with Gasteiger partial charge in [-0.05, 0) is 31.0 Å². The number of nitrogens with one attached hydrogen (secondary N) is 1. The number of fused-ring (bicyclic) bond motifs is 1. The molecule has 1 fully saturated rings. The highest BCUT2D eigenvalue weighted by atomic mass is 16.5. The number of pyridine rings is 1. The summed E-state index contributed by atoms with van der Waals surface area (Å²) in [5, 5.41) is 4.66. The van der Waals surface area contributed by atoms with E-state index in [9.17, 15) is 0 Å². The maximum absolute atomic E-state index is 5.03. The second-order valence-electron chi connectivity index (χ2n) is 5.23. The topological polar surface area (TPSA) is 34.1 Å². The van der Waals surface area contributed by atoms with E-state index in [1.165, 1.54) is 17.5 Å². The third-order valence-electron chi connectivity index (χ3n) is 3.81. The van der Waals surface area contributed by atoms with E-state index in [1.807, 2.05) is 0 Å². The van der Waals surface area contributed by atoms with Crippen LogP contribution in [0.15, 0.2) is 36.4 Å². The Balaban J connectivity index is 1.60. The minimum atomic E-state index is 0.639. The molecule has 0 radical (unpaired) electrons. The number of para-hydroxylation sites is 1. The number of hydrogen-bond acceptors (Lipinski definition) is 3. The van der Waals surface area contributed by atoms with Crippen molar-refractivity contribution in [2.24, 2.45) is 5.92 Å². The van der Waals surface area contributed by atoms with Crippen molar-refractivity contribution in [2.45, 2.75) is 12.3 Å². The summed E-state index contributed by atoms with van der Waals surface area (Å²) < 4.78 is 5.03. The molecule has 0 bridgehead atoms. The van der Waals surface area contributed by atoms with Gasteiger partial charge in [-0.25, -0.2) is 0 Å². The summed E-state index contributed by atoms with van der Waals surface area (Å²) in [7, 11) is 1.74. The average Bonchev–Trinajstić information content (AvgIpc) is 3.23. The second kappa shape index (κ2) is 5.68. The maximum Gasteiger partial charge on any atom is 0.0705 e. The summed E-state index contributed by atoms with van der Waals surface area (Å²) in [6.45, 7) is 2.79. The first-order chi connectivity index (χ1) is 9.38. The van der Waals surface area contributed by atoms with Gasteiger partial charge in [0.25, 0.3) is 0 Å². The molecule has 1 aliphatic carbocycles. The molecule has 0 saturated heterocycles. The van der Waals surface area contributed by atoms with E-state index in [2.05, 4.69) is 41.7 Å². The van der Waals surface area contributed by atoms with Crippen LogP contribution >= 0.6 is 0 Å². The summed E-state index contributed by atoms with van der Waals surface area (Å²) in [5.41, 5.74) is 2.36. The molecule has 1 aromatic carbocycles. The molecule has 0 aliphatic heterocycles. The first-order valence-electron chi connectivity index (χ1n) is 6.94. The molecular weight excluding hydrogens is 236 g/mol. The van der Waals surface area contributed by atoms with Gasteiger partial charge in [0.2, 0.25) is 0 Å². The van der Waals surface area contributed by atoms with Crippen molar-refractivity contribution in [2.75, 3.05) is 26.8 Å². The lowest BCUT2D eigenvalue weighted by Crippen LogP contribution is -2.21. The summed E-state index contributed by atoms with van der Waals surface area (Å²) in [6.07, 6.45) is 1.26. The average molecular weight is 256 g/mol. The lowest BCUT2D eigenvalue weighted by Gasteiger charge is -2.04. The van der Waals surface area contributed by atoms with Gasteiger partial charge in [0.1, 0.15) is 0 Å². The minimum absolute atomic E-state index is 0.639. The molecular formula is C16H20N2O. The van der Waals surface area contributed by atoms with Gasteiger partial charge >= 0.3 is 0 Å². The summed E-state index contributed by atoms with van der Waals surface area (Å²) in [5.74, 6) is 1.38. The van der Waals surface area contributed by atoms with Crippen molar-refractivity contribution in [3.8, 4) is 0 Å². The van der Waals surface area contributed by atoms with E-state index >= 15 is 0 Å². The zero-order valence-electron chi connectivity index (χ0n) is 11.3. The van der Waals surface area contributed by atoms with Gasteiger partial charge < -0.3 is 10.1 Å². The zero-order valence-corrected chi connectivity index (χ0v) is 11.3. The molecule has 0 amide bonds. The molecule has 3 heteroatoms. The van der Waals surface area contributed by atoms with Crippen molar-refractivity contribution in [3.63, 3.8) is 0 Å². The second-order valence-corrected chi connectivity index (χ2v) is 5.23. The number of aromatic nitrogens is 1. The fourth-order valence-electron chi connectivity index (χ4n) is 2.59. The van der Waals surface area contributed by atoms with E-state index in [1.54, 1.807) is 7.11 Å². The largest absolute Gasteiger partial charge is 0.383 e. The van der Waals surface area contributed by atoms with Crippen LogP contribution in [0.1, 0.15) is 18.0 Å². The monoisotopic (exact) mass is 256 g/mol. The Labute approximate surface area is 114 Å². The number of nitrogens with zero attached hydrogens (tertiary/aromatic N) is 1. The number of hydrogen-bond donors (Lipinski definition) is 1.